The molecule has 1 amide bonds. The summed E-state index contributed by atoms with van der Waals surface area (Å²) >= 11 is 18.2. The molecule has 0 radical (unpaired) electrons. The number of carbonyl (C=O) groups is 1. The first-order chi connectivity index (χ1) is 13.9. The monoisotopic (exact) mass is 603 g/mol. The second-order valence-corrected chi connectivity index (χ2v) is 9.96. The van der Waals surface area contributed by atoms with E-state index in [-0.39, 0.29) is 5.91 Å². The molecule has 2 aromatic carbocycles. The fourth-order valence-corrected chi connectivity index (χ4v) is 5.58. The van der Waals surface area contributed by atoms with Crippen molar-refractivity contribution in [3.63, 3.8) is 0 Å². The van der Waals surface area contributed by atoms with Crippen molar-refractivity contribution in [2.75, 3.05) is 4.90 Å². The molecule has 1 unspecified atom stereocenters. The minimum absolute atomic E-state index is 0.0124. The Morgan fingerprint density at radius 3 is 2.41 bits per heavy atom. The smallest absolute Gasteiger partial charge is 0.260 e. The second-order valence-electron chi connectivity index (χ2n) is 7.07. The lowest BCUT2D eigenvalue weighted by molar-refractivity contribution is -0.125. The van der Waals surface area contributed by atoms with Gasteiger partial charge >= 0.3 is 0 Å². The van der Waals surface area contributed by atoms with Crippen molar-refractivity contribution < 1.29 is 4.79 Å². The van der Waals surface area contributed by atoms with E-state index in [9.17, 15) is 4.79 Å². The van der Waals surface area contributed by atoms with E-state index in [0.717, 1.165) is 20.2 Å². The van der Waals surface area contributed by atoms with Gasteiger partial charge in [-0.2, -0.15) is 0 Å². The van der Waals surface area contributed by atoms with Crippen molar-refractivity contribution in [1.82, 2.24) is 9.55 Å². The molecular formula is C21H17BrCl2IN3O. The van der Waals surface area contributed by atoms with Gasteiger partial charge in [-0.1, -0.05) is 64.6 Å². The highest BCUT2D eigenvalue weighted by Gasteiger charge is 2.52. The SMILES string of the molecule is CCCC1(Cc2ccc(Br)cc2)C(=O)N(c2cc(Cl)cc(Cl)c2)c2ncc(I)n21. The van der Waals surface area contributed by atoms with Crippen LogP contribution in [0, 0.1) is 3.70 Å². The van der Waals surface area contributed by atoms with Crippen LogP contribution in [0.5, 0.6) is 0 Å². The summed E-state index contributed by atoms with van der Waals surface area (Å²) in [6.07, 6.45) is 3.94. The largest absolute Gasteiger partial charge is 0.289 e. The third-order valence-electron chi connectivity index (χ3n) is 5.11. The number of carbonyl (C=O) groups excluding carboxylic acids is 1. The van der Waals surface area contributed by atoms with E-state index in [2.05, 4.69) is 67.1 Å². The van der Waals surface area contributed by atoms with Crippen LogP contribution in [0.3, 0.4) is 0 Å². The summed E-state index contributed by atoms with van der Waals surface area (Å²) in [5.41, 5.74) is 0.973. The summed E-state index contributed by atoms with van der Waals surface area (Å²) < 4.78 is 4.00. The van der Waals surface area contributed by atoms with Crippen molar-refractivity contribution in [3.05, 3.63) is 72.4 Å². The Labute approximate surface area is 201 Å². The molecule has 0 saturated carbocycles. The summed E-state index contributed by atoms with van der Waals surface area (Å²) in [7, 11) is 0. The molecule has 0 saturated heterocycles. The van der Waals surface area contributed by atoms with Crippen LogP contribution in [0.2, 0.25) is 10.0 Å². The van der Waals surface area contributed by atoms with Gasteiger partial charge in [0.05, 0.1) is 11.9 Å². The van der Waals surface area contributed by atoms with Gasteiger partial charge in [0.25, 0.3) is 5.91 Å². The number of hydrogen-bond donors (Lipinski definition) is 0. The Morgan fingerprint density at radius 2 is 1.79 bits per heavy atom. The van der Waals surface area contributed by atoms with Crippen molar-refractivity contribution in [1.29, 1.82) is 0 Å². The van der Waals surface area contributed by atoms with Crippen LogP contribution in [0.15, 0.2) is 53.1 Å². The van der Waals surface area contributed by atoms with Gasteiger partial charge in [-0.05, 0) is 64.9 Å². The molecule has 4 nitrogen and oxygen atoms in total. The van der Waals surface area contributed by atoms with E-state index >= 15 is 0 Å². The van der Waals surface area contributed by atoms with E-state index < -0.39 is 5.54 Å². The summed E-state index contributed by atoms with van der Waals surface area (Å²) in [5, 5.41) is 0.961. The van der Waals surface area contributed by atoms with Crippen molar-refractivity contribution in [2.24, 2.45) is 0 Å². The minimum Gasteiger partial charge on any atom is -0.289 e. The molecule has 1 aliphatic heterocycles. The van der Waals surface area contributed by atoms with Gasteiger partial charge in [0, 0.05) is 20.9 Å². The number of aromatic nitrogens is 2. The molecule has 29 heavy (non-hydrogen) atoms. The average Bonchev–Trinajstić information content (AvgIpc) is 3.14. The summed E-state index contributed by atoms with van der Waals surface area (Å²) in [6, 6.07) is 13.3. The Bertz CT molecular complexity index is 1070. The topological polar surface area (TPSA) is 38.1 Å². The maximum absolute atomic E-state index is 13.9. The lowest BCUT2D eigenvalue weighted by atomic mass is 9.85. The van der Waals surface area contributed by atoms with Gasteiger partial charge in [0.1, 0.15) is 9.24 Å². The number of imidazole rings is 1. The van der Waals surface area contributed by atoms with Gasteiger partial charge in [0.15, 0.2) is 0 Å². The third-order valence-corrected chi connectivity index (χ3v) is 6.83. The number of halogens is 4. The van der Waals surface area contributed by atoms with Crippen LogP contribution in [-0.4, -0.2) is 15.5 Å². The standard InChI is InChI=1S/C21H17BrCl2IN3O/c1-2-7-21(11-13-3-5-14(22)6-4-13)19(29)27(20-26-12-18(25)28(20)21)17-9-15(23)8-16(24)10-17/h3-6,8-10,12H,2,7,11H2,1H3. The fraction of sp³-hybridized carbons (Fsp3) is 0.238. The number of fused-ring (bicyclic) bond motifs is 1. The number of anilines is 2. The number of rotatable bonds is 5. The lowest BCUT2D eigenvalue weighted by Crippen LogP contribution is -2.44. The summed E-state index contributed by atoms with van der Waals surface area (Å²) in [6.45, 7) is 2.10. The molecule has 1 aromatic heterocycles. The zero-order chi connectivity index (χ0) is 20.8. The van der Waals surface area contributed by atoms with Crippen molar-refractivity contribution in [2.45, 2.75) is 31.7 Å². The summed E-state index contributed by atoms with van der Waals surface area (Å²) in [5.74, 6) is 0.588. The molecule has 1 aliphatic rings. The minimum atomic E-state index is -0.750. The Hall–Kier alpha value is -1.09. The van der Waals surface area contributed by atoms with Crippen molar-refractivity contribution >= 4 is 79.3 Å². The first-order valence-electron chi connectivity index (χ1n) is 9.14. The number of nitrogens with zero attached hydrogens (tertiary/aromatic N) is 3. The van der Waals surface area contributed by atoms with Crippen LogP contribution in [-0.2, 0) is 16.8 Å². The lowest BCUT2D eigenvalue weighted by Gasteiger charge is -2.30. The molecule has 0 aliphatic carbocycles. The molecule has 4 rings (SSSR count). The zero-order valence-corrected chi connectivity index (χ0v) is 20.8. The highest BCUT2D eigenvalue weighted by molar-refractivity contribution is 14.1. The zero-order valence-electron chi connectivity index (χ0n) is 15.5. The molecule has 0 N–H and O–H groups in total. The van der Waals surface area contributed by atoms with E-state index in [0.29, 0.717) is 34.5 Å². The predicted octanol–water partition coefficient (Wildman–Crippen LogP) is 6.97. The van der Waals surface area contributed by atoms with E-state index in [4.69, 9.17) is 23.2 Å². The number of hydrogen-bond acceptors (Lipinski definition) is 2. The van der Waals surface area contributed by atoms with Crippen LogP contribution in [0.4, 0.5) is 11.6 Å². The average molecular weight is 605 g/mol. The normalized spacial score (nSPS) is 18.4. The highest BCUT2D eigenvalue weighted by Crippen LogP contribution is 2.46. The van der Waals surface area contributed by atoms with Crippen molar-refractivity contribution in [3.8, 4) is 0 Å². The van der Waals surface area contributed by atoms with E-state index in [1.807, 2.05) is 12.1 Å². The predicted molar refractivity (Wildman–Crippen MR) is 129 cm³/mol. The van der Waals surface area contributed by atoms with Gasteiger partial charge in [-0.3, -0.25) is 9.36 Å². The van der Waals surface area contributed by atoms with Crippen LogP contribution in [0.1, 0.15) is 25.3 Å². The quantitative estimate of drug-likeness (QED) is 0.295. The molecule has 0 fully saturated rings. The van der Waals surface area contributed by atoms with Crippen LogP contribution < -0.4 is 4.90 Å². The fourth-order valence-electron chi connectivity index (χ4n) is 3.99. The Kier molecular flexibility index (Phi) is 5.99. The van der Waals surface area contributed by atoms with E-state index in [1.165, 1.54) is 0 Å². The molecule has 8 heteroatoms. The maximum Gasteiger partial charge on any atom is 0.260 e. The first kappa shape index (κ1) is 21.2. The number of benzene rings is 2. The molecule has 0 spiro atoms. The first-order valence-corrected chi connectivity index (χ1v) is 11.8. The molecular weight excluding hydrogens is 588 g/mol. The van der Waals surface area contributed by atoms with Gasteiger partial charge < -0.3 is 0 Å². The van der Waals surface area contributed by atoms with Gasteiger partial charge in [-0.15, -0.1) is 0 Å². The second kappa shape index (κ2) is 8.21. The van der Waals surface area contributed by atoms with E-state index in [1.54, 1.807) is 29.3 Å². The van der Waals surface area contributed by atoms with Gasteiger partial charge in [0.2, 0.25) is 5.95 Å². The van der Waals surface area contributed by atoms with Crippen LogP contribution >= 0.6 is 61.7 Å². The maximum atomic E-state index is 13.9. The molecule has 3 aromatic rings. The third kappa shape index (κ3) is 3.73. The summed E-state index contributed by atoms with van der Waals surface area (Å²) in [4.78, 5) is 20.2. The van der Waals surface area contributed by atoms with Gasteiger partial charge in [-0.25, -0.2) is 9.88 Å². The molecule has 2 heterocycles. The Balaban J connectivity index is 1.88. The Morgan fingerprint density at radius 1 is 1.14 bits per heavy atom. The number of amides is 1. The molecule has 1 atom stereocenters. The highest BCUT2D eigenvalue weighted by atomic mass is 127. The van der Waals surface area contributed by atoms with Crippen LogP contribution in [0.25, 0.3) is 0 Å². The molecule has 0 bridgehead atoms. The molecule has 150 valence electrons.